The number of hydrogen-bond acceptors (Lipinski definition) is 7. The molecule has 0 saturated carbocycles. The molecule has 25 heavy (non-hydrogen) atoms. The van der Waals surface area contributed by atoms with Gasteiger partial charge in [0.1, 0.15) is 5.90 Å². The zero-order chi connectivity index (χ0) is 19.3. The van der Waals surface area contributed by atoms with E-state index in [2.05, 4.69) is 4.31 Å². The van der Waals surface area contributed by atoms with Gasteiger partial charge < -0.3 is 24.3 Å². The molecule has 0 aliphatic carbocycles. The van der Waals surface area contributed by atoms with Crippen LogP contribution >= 0.6 is 22.8 Å². The highest BCUT2D eigenvalue weighted by Gasteiger charge is 2.38. The standard InChI is InChI=1S/C9H17N2O11P3/c12-8-1-2-11(9(13)10-8)3-4-21-5-6-23(14,7-24(15,16)17)22-25(18,19)20/h1-2H,3-7H2,(H,10,12,13)(H2,15,16,17)(H2,18,19,20). The van der Waals surface area contributed by atoms with Crippen LogP contribution in [0.3, 0.4) is 0 Å². The largest absolute Gasteiger partial charge is 0.475 e. The fourth-order valence-electron chi connectivity index (χ4n) is 1.70. The van der Waals surface area contributed by atoms with Crippen LogP contribution in [0.5, 0.6) is 0 Å². The summed E-state index contributed by atoms with van der Waals surface area (Å²) in [6, 6.07) is 1.11. The SMILES string of the molecule is O=c1ccn(CCOCCP(=O)(CP(=O)(O)O)OP(=O)(O)O)c(=O)[nH]1. The third-order valence-corrected chi connectivity index (χ3v) is 8.71. The monoisotopic (exact) mass is 422 g/mol. The van der Waals surface area contributed by atoms with E-state index in [1.165, 1.54) is 6.20 Å². The molecule has 1 rings (SSSR count). The normalized spacial score (nSPS) is 15.0. The van der Waals surface area contributed by atoms with Crippen LogP contribution in [0.15, 0.2) is 21.9 Å². The van der Waals surface area contributed by atoms with Crippen molar-refractivity contribution >= 4 is 22.8 Å². The summed E-state index contributed by atoms with van der Waals surface area (Å²) in [5.74, 6) is -1.34. The maximum absolute atomic E-state index is 12.2. The van der Waals surface area contributed by atoms with Gasteiger partial charge in [-0.3, -0.25) is 23.5 Å². The second-order valence-corrected chi connectivity index (χ2v) is 11.0. The van der Waals surface area contributed by atoms with Crippen molar-refractivity contribution in [3.05, 3.63) is 33.1 Å². The highest BCUT2D eigenvalue weighted by Crippen LogP contribution is 2.65. The number of nitrogens with one attached hydrogen (secondary N) is 1. The lowest BCUT2D eigenvalue weighted by atomic mass is 10.6. The average Bonchev–Trinajstić information content (AvgIpc) is 2.36. The molecule has 5 N–H and O–H groups in total. The van der Waals surface area contributed by atoms with Crippen molar-refractivity contribution in [2.45, 2.75) is 6.54 Å². The predicted molar refractivity (Wildman–Crippen MR) is 84.7 cm³/mol. The molecular weight excluding hydrogens is 405 g/mol. The second-order valence-electron chi connectivity index (χ2n) is 4.83. The zero-order valence-electron chi connectivity index (χ0n) is 12.6. The van der Waals surface area contributed by atoms with Crippen molar-refractivity contribution in [2.24, 2.45) is 0 Å². The molecule has 0 aliphatic heterocycles. The van der Waals surface area contributed by atoms with Crippen LogP contribution in [0.1, 0.15) is 0 Å². The quantitative estimate of drug-likeness (QED) is 0.230. The van der Waals surface area contributed by atoms with Gasteiger partial charge in [-0.2, -0.15) is 0 Å². The molecule has 0 amide bonds. The molecule has 1 heterocycles. The lowest BCUT2D eigenvalue weighted by Crippen LogP contribution is -2.29. The van der Waals surface area contributed by atoms with Crippen molar-refractivity contribution in [3.8, 4) is 0 Å². The Kier molecular flexibility index (Phi) is 7.70. The fraction of sp³-hybridized carbons (Fsp3) is 0.556. The van der Waals surface area contributed by atoms with Crippen LogP contribution < -0.4 is 11.2 Å². The predicted octanol–water partition coefficient (Wildman–Crippen LogP) is -0.924. The molecule has 1 atom stereocenters. The van der Waals surface area contributed by atoms with Gasteiger partial charge in [0.25, 0.3) is 5.56 Å². The summed E-state index contributed by atoms with van der Waals surface area (Å²) in [4.78, 5) is 59.4. The molecular formula is C9H17N2O11P3. The fourth-order valence-corrected chi connectivity index (χ4v) is 7.47. The number of aromatic nitrogens is 2. The van der Waals surface area contributed by atoms with E-state index < -0.39 is 52.7 Å². The molecule has 0 saturated heterocycles. The first kappa shape index (κ1) is 22.2. The van der Waals surface area contributed by atoms with E-state index in [4.69, 9.17) is 24.3 Å². The van der Waals surface area contributed by atoms with Gasteiger partial charge in [-0.05, 0) is 0 Å². The Morgan fingerprint density at radius 2 is 1.72 bits per heavy atom. The van der Waals surface area contributed by atoms with Crippen LogP contribution in [0.25, 0.3) is 0 Å². The van der Waals surface area contributed by atoms with E-state index >= 15 is 0 Å². The molecule has 0 aromatic carbocycles. The van der Waals surface area contributed by atoms with Gasteiger partial charge in [0, 0.05) is 18.4 Å². The van der Waals surface area contributed by atoms with Crippen molar-refractivity contribution in [3.63, 3.8) is 0 Å². The van der Waals surface area contributed by atoms with Crippen molar-refractivity contribution < 1.29 is 42.3 Å². The van der Waals surface area contributed by atoms with Crippen LogP contribution in [-0.4, -0.2) is 54.4 Å². The van der Waals surface area contributed by atoms with Gasteiger partial charge >= 0.3 is 21.1 Å². The summed E-state index contributed by atoms with van der Waals surface area (Å²) >= 11 is 0. The lowest BCUT2D eigenvalue weighted by Gasteiger charge is -2.19. The second kappa shape index (κ2) is 8.68. The molecule has 0 fully saturated rings. The molecule has 16 heteroatoms. The molecule has 0 radical (unpaired) electrons. The third kappa shape index (κ3) is 9.41. The number of hydrogen-bond donors (Lipinski definition) is 5. The van der Waals surface area contributed by atoms with Gasteiger partial charge in [-0.25, -0.2) is 13.7 Å². The van der Waals surface area contributed by atoms with E-state index in [1.807, 2.05) is 4.98 Å². The Hall–Kier alpha value is -0.870. The zero-order valence-corrected chi connectivity index (χ0v) is 15.3. The van der Waals surface area contributed by atoms with Gasteiger partial charge in [-0.1, -0.05) is 0 Å². The third-order valence-electron chi connectivity index (χ3n) is 2.60. The highest BCUT2D eigenvalue weighted by atomic mass is 31.3. The van der Waals surface area contributed by atoms with Crippen LogP contribution in [-0.2, 0) is 29.3 Å². The van der Waals surface area contributed by atoms with E-state index in [0.717, 1.165) is 10.6 Å². The lowest BCUT2D eigenvalue weighted by molar-refractivity contribution is 0.137. The number of phosphoric acid groups is 1. The van der Waals surface area contributed by atoms with Gasteiger partial charge in [0.15, 0.2) is 0 Å². The smallest absolute Gasteiger partial charge is 0.379 e. The molecule has 1 aromatic heterocycles. The van der Waals surface area contributed by atoms with E-state index in [-0.39, 0.29) is 13.2 Å². The van der Waals surface area contributed by atoms with Crippen molar-refractivity contribution in [1.82, 2.24) is 9.55 Å². The molecule has 144 valence electrons. The Labute approximate surface area is 140 Å². The summed E-state index contributed by atoms with van der Waals surface area (Å²) in [5.41, 5.74) is -1.25. The first-order valence-electron chi connectivity index (χ1n) is 6.57. The van der Waals surface area contributed by atoms with Gasteiger partial charge in [0.05, 0.1) is 19.8 Å². The Balaban J connectivity index is 2.58. The van der Waals surface area contributed by atoms with Gasteiger partial charge in [0.2, 0.25) is 7.37 Å². The molecule has 0 bridgehead atoms. The average molecular weight is 422 g/mol. The summed E-state index contributed by atoms with van der Waals surface area (Å²) in [6.45, 7) is -0.481. The summed E-state index contributed by atoms with van der Waals surface area (Å²) in [5, 5.41) is 0. The summed E-state index contributed by atoms with van der Waals surface area (Å²) in [6.07, 6.45) is 0.573. The van der Waals surface area contributed by atoms with E-state index in [0.29, 0.717) is 0 Å². The summed E-state index contributed by atoms with van der Waals surface area (Å²) < 4.78 is 44.2. The Bertz CT molecular complexity index is 806. The van der Waals surface area contributed by atoms with E-state index in [9.17, 15) is 23.3 Å². The number of nitrogens with zero attached hydrogens (tertiary/aromatic N) is 1. The maximum atomic E-state index is 12.2. The molecule has 1 unspecified atom stereocenters. The minimum absolute atomic E-state index is 0.0117. The maximum Gasteiger partial charge on any atom is 0.475 e. The van der Waals surface area contributed by atoms with Gasteiger partial charge in [-0.15, -0.1) is 0 Å². The number of rotatable bonds is 10. The highest BCUT2D eigenvalue weighted by molar-refractivity contribution is 7.76. The number of ether oxygens (including phenoxy) is 1. The number of aromatic amines is 1. The minimum Gasteiger partial charge on any atom is -0.379 e. The molecule has 1 aromatic rings. The topological polar surface area (TPSA) is 205 Å². The summed E-state index contributed by atoms with van der Waals surface area (Å²) in [7, 11) is -14.4. The van der Waals surface area contributed by atoms with Crippen LogP contribution in [0, 0.1) is 0 Å². The Morgan fingerprint density at radius 1 is 1.08 bits per heavy atom. The molecule has 0 spiro atoms. The van der Waals surface area contributed by atoms with E-state index in [1.54, 1.807) is 0 Å². The van der Waals surface area contributed by atoms with Crippen LogP contribution in [0.4, 0.5) is 0 Å². The first-order valence-corrected chi connectivity index (χ1v) is 11.9. The Morgan fingerprint density at radius 3 is 2.24 bits per heavy atom. The van der Waals surface area contributed by atoms with Crippen molar-refractivity contribution in [2.75, 3.05) is 25.3 Å². The van der Waals surface area contributed by atoms with Crippen molar-refractivity contribution in [1.29, 1.82) is 0 Å². The molecule has 13 nitrogen and oxygen atoms in total. The molecule has 0 aliphatic rings. The number of H-pyrrole nitrogens is 1. The minimum atomic E-state index is -5.23. The van der Waals surface area contributed by atoms with Crippen LogP contribution in [0.2, 0.25) is 0 Å². The first-order chi connectivity index (χ1) is 11.3.